The van der Waals surface area contributed by atoms with Gasteiger partial charge >= 0.3 is 5.97 Å². The van der Waals surface area contributed by atoms with Gasteiger partial charge < -0.3 is 20.8 Å². The number of phenols is 1. The Balaban J connectivity index is 2.59. The lowest BCUT2D eigenvalue weighted by Gasteiger charge is -2.17. The Morgan fingerprint density at radius 2 is 1.86 bits per heavy atom. The van der Waals surface area contributed by atoms with Crippen LogP contribution in [0.15, 0.2) is 24.3 Å². The molecular weight excluding hydrogens is 272 g/mol. The normalized spacial score (nSPS) is 13.4. The van der Waals surface area contributed by atoms with Gasteiger partial charge in [-0.3, -0.25) is 4.79 Å². The van der Waals surface area contributed by atoms with E-state index < -0.39 is 12.0 Å². The number of aliphatic carboxylic acids is 1. The van der Waals surface area contributed by atoms with Crippen molar-refractivity contribution >= 4 is 11.9 Å². The number of phenolic OH excluding ortho intramolecular Hbond substituents is 1. The van der Waals surface area contributed by atoms with E-state index in [1.54, 1.807) is 12.1 Å². The topological polar surface area (TPSA) is 98.7 Å². The Hall–Kier alpha value is -2.08. The smallest absolute Gasteiger partial charge is 0.326 e. The number of carboxylic acid groups (broad SMARTS) is 1. The molecule has 0 bridgehead atoms. The molecule has 0 heterocycles. The second-order valence-corrected chi connectivity index (χ2v) is 4.99. The molecule has 0 saturated heterocycles. The lowest BCUT2D eigenvalue weighted by Crippen LogP contribution is -2.44. The van der Waals surface area contributed by atoms with Gasteiger partial charge in [-0.2, -0.15) is 0 Å². The fourth-order valence-electron chi connectivity index (χ4n) is 2.02. The highest BCUT2D eigenvalue weighted by Crippen LogP contribution is 2.11. The first-order valence-corrected chi connectivity index (χ1v) is 6.95. The largest absolute Gasteiger partial charge is 0.508 e. The maximum Gasteiger partial charge on any atom is 0.326 e. The fraction of sp³-hybridized carbons (Fsp3) is 0.467. The van der Waals surface area contributed by atoms with E-state index in [0.717, 1.165) is 12.1 Å². The number of nitrogens with one attached hydrogen (secondary N) is 2. The Labute approximate surface area is 124 Å². The zero-order chi connectivity index (χ0) is 15.8. The summed E-state index contributed by atoms with van der Waals surface area (Å²) in [6, 6.07) is 5.28. The third-order valence-electron chi connectivity index (χ3n) is 3.05. The van der Waals surface area contributed by atoms with Crippen molar-refractivity contribution in [3.63, 3.8) is 0 Å². The zero-order valence-corrected chi connectivity index (χ0v) is 12.3. The number of hydrogen-bond acceptors (Lipinski definition) is 4. The summed E-state index contributed by atoms with van der Waals surface area (Å²) in [6.07, 6.45) is 0.407. The Kier molecular flexibility index (Phi) is 6.68. The van der Waals surface area contributed by atoms with Gasteiger partial charge in [-0.15, -0.1) is 0 Å². The maximum atomic E-state index is 11.8. The van der Waals surface area contributed by atoms with Gasteiger partial charge in [0.2, 0.25) is 5.91 Å². The van der Waals surface area contributed by atoms with Crippen LogP contribution in [0.4, 0.5) is 0 Å². The van der Waals surface area contributed by atoms with Crippen molar-refractivity contribution in [1.29, 1.82) is 0 Å². The van der Waals surface area contributed by atoms with Crippen LogP contribution in [-0.2, 0) is 16.0 Å². The summed E-state index contributed by atoms with van der Waals surface area (Å²) in [5.74, 6) is -1.25. The van der Waals surface area contributed by atoms with Crippen molar-refractivity contribution in [3.05, 3.63) is 29.8 Å². The van der Waals surface area contributed by atoms with E-state index in [0.29, 0.717) is 0 Å². The van der Waals surface area contributed by atoms with Crippen molar-refractivity contribution in [2.75, 3.05) is 6.54 Å². The molecule has 0 aliphatic heterocycles. The van der Waals surface area contributed by atoms with Crippen molar-refractivity contribution < 1.29 is 19.8 Å². The molecule has 0 aliphatic carbocycles. The number of carbonyl (C=O) groups excluding carboxylic acids is 1. The van der Waals surface area contributed by atoms with Gasteiger partial charge in [0.1, 0.15) is 11.8 Å². The highest BCUT2D eigenvalue weighted by atomic mass is 16.4. The van der Waals surface area contributed by atoms with Crippen LogP contribution < -0.4 is 10.6 Å². The quantitative estimate of drug-likeness (QED) is 0.571. The SMILES string of the molecule is CCNC(C)CC(=O)N[C@@H](Cc1ccc(O)cc1)C(=O)O. The summed E-state index contributed by atoms with van der Waals surface area (Å²) in [5, 5.41) is 24.0. The van der Waals surface area contributed by atoms with E-state index in [1.807, 2.05) is 13.8 Å². The molecule has 0 radical (unpaired) electrons. The molecule has 116 valence electrons. The number of carbonyl (C=O) groups is 2. The Morgan fingerprint density at radius 3 is 2.38 bits per heavy atom. The third-order valence-corrected chi connectivity index (χ3v) is 3.05. The third kappa shape index (κ3) is 6.27. The summed E-state index contributed by atoms with van der Waals surface area (Å²) >= 11 is 0. The molecule has 1 aromatic rings. The molecule has 6 nitrogen and oxygen atoms in total. The standard InChI is InChI=1S/C15H22N2O4/c1-3-16-10(2)8-14(19)17-13(15(20)21)9-11-4-6-12(18)7-5-11/h4-7,10,13,16,18H,3,8-9H2,1-2H3,(H,17,19)(H,20,21)/t10?,13-/m0/s1. The number of aromatic hydroxyl groups is 1. The summed E-state index contributed by atoms with van der Waals surface area (Å²) in [6.45, 7) is 4.57. The maximum absolute atomic E-state index is 11.8. The van der Waals surface area contributed by atoms with E-state index in [4.69, 9.17) is 0 Å². The number of amides is 1. The lowest BCUT2D eigenvalue weighted by molar-refractivity contribution is -0.141. The molecule has 1 amide bonds. The molecule has 0 spiro atoms. The van der Waals surface area contributed by atoms with Crippen molar-refractivity contribution in [3.8, 4) is 5.75 Å². The van der Waals surface area contributed by atoms with E-state index in [1.165, 1.54) is 12.1 Å². The molecule has 2 atom stereocenters. The van der Waals surface area contributed by atoms with E-state index >= 15 is 0 Å². The minimum atomic E-state index is -1.08. The Bertz CT molecular complexity index is 473. The van der Waals surface area contributed by atoms with Gasteiger partial charge in [0.25, 0.3) is 0 Å². The first kappa shape index (κ1) is 17.0. The second kappa shape index (κ2) is 8.26. The van der Waals surface area contributed by atoms with Crippen LogP contribution in [0.1, 0.15) is 25.8 Å². The molecule has 0 fully saturated rings. The molecule has 4 N–H and O–H groups in total. The van der Waals surface area contributed by atoms with Crippen LogP contribution in [0.25, 0.3) is 0 Å². The molecule has 0 aliphatic rings. The molecule has 21 heavy (non-hydrogen) atoms. The minimum Gasteiger partial charge on any atom is -0.508 e. The second-order valence-electron chi connectivity index (χ2n) is 4.99. The van der Waals surface area contributed by atoms with Crippen LogP contribution in [0.3, 0.4) is 0 Å². The summed E-state index contributed by atoms with van der Waals surface area (Å²) in [5.41, 5.74) is 0.736. The van der Waals surface area contributed by atoms with E-state index in [9.17, 15) is 19.8 Å². The van der Waals surface area contributed by atoms with Crippen LogP contribution in [0, 0.1) is 0 Å². The molecule has 1 unspecified atom stereocenters. The summed E-state index contributed by atoms with van der Waals surface area (Å²) in [4.78, 5) is 23.1. The molecule has 6 heteroatoms. The highest BCUT2D eigenvalue weighted by Gasteiger charge is 2.21. The van der Waals surface area contributed by atoms with Gasteiger partial charge in [0, 0.05) is 18.9 Å². The van der Waals surface area contributed by atoms with Gasteiger partial charge in [-0.25, -0.2) is 4.79 Å². The van der Waals surface area contributed by atoms with Crippen molar-refractivity contribution in [1.82, 2.24) is 10.6 Å². The van der Waals surface area contributed by atoms with E-state index in [-0.39, 0.29) is 30.5 Å². The summed E-state index contributed by atoms with van der Waals surface area (Å²) in [7, 11) is 0. The minimum absolute atomic E-state index is 0.00174. The lowest BCUT2D eigenvalue weighted by atomic mass is 10.1. The predicted octanol–water partition coefficient (Wildman–Crippen LogP) is 0.892. The van der Waals surface area contributed by atoms with Crippen LogP contribution in [0.5, 0.6) is 5.75 Å². The number of rotatable bonds is 8. The molecule has 1 rings (SSSR count). The molecule has 1 aromatic carbocycles. The van der Waals surface area contributed by atoms with Crippen LogP contribution in [0.2, 0.25) is 0 Å². The zero-order valence-electron chi connectivity index (χ0n) is 12.3. The van der Waals surface area contributed by atoms with Crippen LogP contribution >= 0.6 is 0 Å². The predicted molar refractivity (Wildman–Crippen MR) is 79.1 cm³/mol. The van der Waals surface area contributed by atoms with Gasteiger partial charge in [0.15, 0.2) is 0 Å². The van der Waals surface area contributed by atoms with E-state index in [2.05, 4.69) is 10.6 Å². The van der Waals surface area contributed by atoms with Gasteiger partial charge in [0.05, 0.1) is 0 Å². The highest BCUT2D eigenvalue weighted by molar-refractivity contribution is 5.84. The van der Waals surface area contributed by atoms with Gasteiger partial charge in [-0.05, 0) is 31.2 Å². The van der Waals surface area contributed by atoms with Gasteiger partial charge in [-0.1, -0.05) is 19.1 Å². The monoisotopic (exact) mass is 294 g/mol. The van der Waals surface area contributed by atoms with Crippen LogP contribution in [-0.4, -0.2) is 40.7 Å². The average Bonchev–Trinajstić information content (AvgIpc) is 2.40. The molecule has 0 aromatic heterocycles. The van der Waals surface area contributed by atoms with Crippen molar-refractivity contribution in [2.45, 2.75) is 38.8 Å². The molecular formula is C15H22N2O4. The van der Waals surface area contributed by atoms with Crippen molar-refractivity contribution in [2.24, 2.45) is 0 Å². The number of hydrogen-bond donors (Lipinski definition) is 4. The number of carboxylic acids is 1. The fourth-order valence-corrected chi connectivity index (χ4v) is 2.02. The number of benzene rings is 1. The first-order chi connectivity index (χ1) is 9.92. The average molecular weight is 294 g/mol. The molecule has 0 saturated carbocycles. The first-order valence-electron chi connectivity index (χ1n) is 6.95. The Morgan fingerprint density at radius 1 is 1.24 bits per heavy atom. The summed E-state index contributed by atoms with van der Waals surface area (Å²) < 4.78 is 0.